The molecule has 0 amide bonds. The normalized spacial score (nSPS) is 23.3. The van der Waals surface area contributed by atoms with Crippen LogP contribution in [-0.2, 0) is 4.74 Å². The lowest BCUT2D eigenvalue weighted by Crippen LogP contribution is -2.19. The number of nitrogens with one attached hydrogen (secondary N) is 1. The van der Waals surface area contributed by atoms with Crippen molar-refractivity contribution in [3.8, 4) is 5.75 Å². The summed E-state index contributed by atoms with van der Waals surface area (Å²) in [4.78, 5) is 0. The Morgan fingerprint density at radius 3 is 2.56 bits per heavy atom. The highest BCUT2D eigenvalue weighted by Crippen LogP contribution is 2.21. The van der Waals surface area contributed by atoms with Crippen LogP contribution in [0.15, 0.2) is 24.3 Å². The topological polar surface area (TPSA) is 30.5 Å². The van der Waals surface area contributed by atoms with Gasteiger partial charge in [0.05, 0.1) is 18.3 Å². The van der Waals surface area contributed by atoms with Gasteiger partial charge in [0.2, 0.25) is 0 Å². The molecule has 18 heavy (non-hydrogen) atoms. The lowest BCUT2D eigenvalue weighted by molar-refractivity contribution is 0.0637. The molecular weight excluding hydrogens is 226 g/mol. The van der Waals surface area contributed by atoms with E-state index in [4.69, 9.17) is 9.47 Å². The third-order valence-electron chi connectivity index (χ3n) is 3.08. The van der Waals surface area contributed by atoms with Crippen molar-refractivity contribution >= 4 is 5.69 Å². The molecule has 2 rings (SSSR count). The number of rotatable bonds is 5. The zero-order valence-corrected chi connectivity index (χ0v) is 11.5. The molecule has 1 fully saturated rings. The molecule has 3 heteroatoms. The van der Waals surface area contributed by atoms with E-state index in [-0.39, 0.29) is 6.10 Å². The predicted octanol–water partition coefficient (Wildman–Crippen LogP) is 3.45. The van der Waals surface area contributed by atoms with Crippen molar-refractivity contribution < 1.29 is 9.47 Å². The van der Waals surface area contributed by atoms with Gasteiger partial charge in [-0.2, -0.15) is 0 Å². The molecule has 0 bridgehead atoms. The number of hydrogen-bond acceptors (Lipinski definition) is 3. The van der Waals surface area contributed by atoms with E-state index in [0.29, 0.717) is 12.2 Å². The Labute approximate surface area is 109 Å². The van der Waals surface area contributed by atoms with Crippen LogP contribution < -0.4 is 10.1 Å². The quantitative estimate of drug-likeness (QED) is 0.867. The van der Waals surface area contributed by atoms with Crippen LogP contribution in [0.4, 0.5) is 5.69 Å². The number of anilines is 1. The fourth-order valence-electron chi connectivity index (χ4n) is 2.19. The monoisotopic (exact) mass is 249 g/mol. The van der Waals surface area contributed by atoms with Crippen LogP contribution in [0.2, 0.25) is 0 Å². The van der Waals surface area contributed by atoms with Crippen molar-refractivity contribution in [3.63, 3.8) is 0 Å². The van der Waals surface area contributed by atoms with Crippen LogP contribution in [0.5, 0.6) is 5.75 Å². The summed E-state index contributed by atoms with van der Waals surface area (Å²) in [6, 6.07) is 8.10. The third kappa shape index (κ3) is 3.91. The molecule has 1 N–H and O–H groups in total. The standard InChI is InChI=1S/C15H23NO2/c1-11(2)17-14-8-5-13(6-9-14)16-10-15-7-4-12(3)18-15/h5-6,8-9,11-12,15-16H,4,7,10H2,1-3H3. The van der Waals surface area contributed by atoms with E-state index in [9.17, 15) is 0 Å². The van der Waals surface area contributed by atoms with Crippen LogP contribution in [0.3, 0.4) is 0 Å². The largest absolute Gasteiger partial charge is 0.491 e. The van der Waals surface area contributed by atoms with Gasteiger partial charge in [0.1, 0.15) is 5.75 Å². The molecule has 0 radical (unpaired) electrons. The second-order valence-electron chi connectivity index (χ2n) is 5.22. The molecule has 0 aromatic heterocycles. The van der Waals surface area contributed by atoms with Crippen molar-refractivity contribution in [2.45, 2.75) is 51.9 Å². The molecule has 100 valence electrons. The van der Waals surface area contributed by atoms with Crippen molar-refractivity contribution in [2.75, 3.05) is 11.9 Å². The van der Waals surface area contributed by atoms with Gasteiger partial charge in [-0.1, -0.05) is 0 Å². The predicted molar refractivity (Wildman–Crippen MR) is 74.3 cm³/mol. The van der Waals surface area contributed by atoms with Crippen LogP contribution >= 0.6 is 0 Å². The minimum Gasteiger partial charge on any atom is -0.491 e. The van der Waals surface area contributed by atoms with E-state index in [1.807, 2.05) is 26.0 Å². The average molecular weight is 249 g/mol. The van der Waals surface area contributed by atoms with Crippen LogP contribution in [0.25, 0.3) is 0 Å². The first-order chi connectivity index (χ1) is 8.63. The molecule has 1 heterocycles. The van der Waals surface area contributed by atoms with Crippen LogP contribution in [0, 0.1) is 0 Å². The van der Waals surface area contributed by atoms with Gasteiger partial charge in [-0.3, -0.25) is 0 Å². The summed E-state index contributed by atoms with van der Waals surface area (Å²) in [5.41, 5.74) is 1.12. The maximum atomic E-state index is 5.77. The molecule has 3 nitrogen and oxygen atoms in total. The fourth-order valence-corrected chi connectivity index (χ4v) is 2.19. The molecule has 1 aromatic rings. The SMILES string of the molecule is CC(C)Oc1ccc(NCC2CCC(C)O2)cc1. The van der Waals surface area contributed by atoms with Gasteiger partial charge in [-0.05, 0) is 57.9 Å². The van der Waals surface area contributed by atoms with Crippen molar-refractivity contribution in [3.05, 3.63) is 24.3 Å². The zero-order chi connectivity index (χ0) is 13.0. The number of benzene rings is 1. The molecule has 1 aromatic carbocycles. The van der Waals surface area contributed by atoms with Gasteiger partial charge >= 0.3 is 0 Å². The van der Waals surface area contributed by atoms with Crippen molar-refractivity contribution in [1.82, 2.24) is 0 Å². The van der Waals surface area contributed by atoms with E-state index in [1.165, 1.54) is 6.42 Å². The van der Waals surface area contributed by atoms with Gasteiger partial charge in [0.25, 0.3) is 0 Å². The van der Waals surface area contributed by atoms with Crippen LogP contribution in [-0.4, -0.2) is 24.9 Å². The van der Waals surface area contributed by atoms with Gasteiger partial charge in [-0.15, -0.1) is 0 Å². The minimum absolute atomic E-state index is 0.220. The second-order valence-corrected chi connectivity index (χ2v) is 5.22. The lowest BCUT2D eigenvalue weighted by Gasteiger charge is -2.14. The number of hydrogen-bond donors (Lipinski definition) is 1. The molecule has 2 atom stereocenters. The van der Waals surface area contributed by atoms with Gasteiger partial charge < -0.3 is 14.8 Å². The first kappa shape index (κ1) is 13.2. The first-order valence-corrected chi connectivity index (χ1v) is 6.79. The fraction of sp³-hybridized carbons (Fsp3) is 0.600. The molecule has 0 saturated carbocycles. The zero-order valence-electron chi connectivity index (χ0n) is 11.5. The van der Waals surface area contributed by atoms with E-state index >= 15 is 0 Å². The van der Waals surface area contributed by atoms with Gasteiger partial charge in [0.15, 0.2) is 0 Å². The lowest BCUT2D eigenvalue weighted by atomic mass is 10.2. The Kier molecular flexibility index (Phi) is 4.48. The maximum absolute atomic E-state index is 5.77. The molecule has 1 saturated heterocycles. The molecule has 0 spiro atoms. The molecule has 1 aliphatic heterocycles. The minimum atomic E-state index is 0.220. The smallest absolute Gasteiger partial charge is 0.119 e. The summed E-state index contributed by atoms with van der Waals surface area (Å²) in [5, 5.41) is 3.41. The number of ether oxygens (including phenoxy) is 2. The molecule has 2 unspecified atom stereocenters. The molecule has 0 aliphatic carbocycles. The van der Waals surface area contributed by atoms with Crippen LogP contribution in [0.1, 0.15) is 33.6 Å². The Hall–Kier alpha value is -1.22. The highest BCUT2D eigenvalue weighted by molar-refractivity contribution is 5.46. The summed E-state index contributed by atoms with van der Waals surface area (Å²) < 4.78 is 11.4. The Morgan fingerprint density at radius 1 is 1.28 bits per heavy atom. The Balaban J connectivity index is 1.79. The molecule has 1 aliphatic rings. The third-order valence-corrected chi connectivity index (χ3v) is 3.08. The molecular formula is C15H23NO2. The summed E-state index contributed by atoms with van der Waals surface area (Å²) in [7, 11) is 0. The Morgan fingerprint density at radius 2 is 2.00 bits per heavy atom. The Bertz CT molecular complexity index is 361. The van der Waals surface area contributed by atoms with E-state index in [1.54, 1.807) is 0 Å². The maximum Gasteiger partial charge on any atom is 0.119 e. The van der Waals surface area contributed by atoms with Gasteiger partial charge in [-0.25, -0.2) is 0 Å². The summed E-state index contributed by atoms with van der Waals surface area (Å²) in [5.74, 6) is 0.918. The van der Waals surface area contributed by atoms with Gasteiger partial charge in [0, 0.05) is 12.2 Å². The first-order valence-electron chi connectivity index (χ1n) is 6.79. The van der Waals surface area contributed by atoms with E-state index in [2.05, 4.69) is 24.4 Å². The van der Waals surface area contributed by atoms with Crippen molar-refractivity contribution in [1.29, 1.82) is 0 Å². The highest BCUT2D eigenvalue weighted by atomic mass is 16.5. The van der Waals surface area contributed by atoms with E-state index in [0.717, 1.165) is 24.4 Å². The highest BCUT2D eigenvalue weighted by Gasteiger charge is 2.21. The van der Waals surface area contributed by atoms with Crippen molar-refractivity contribution in [2.24, 2.45) is 0 Å². The average Bonchev–Trinajstić information content (AvgIpc) is 2.74. The summed E-state index contributed by atoms with van der Waals surface area (Å²) in [6.45, 7) is 7.09. The summed E-state index contributed by atoms with van der Waals surface area (Å²) >= 11 is 0. The summed E-state index contributed by atoms with van der Waals surface area (Å²) in [6.07, 6.45) is 3.32. The van der Waals surface area contributed by atoms with E-state index < -0.39 is 0 Å². The second kappa shape index (κ2) is 6.10.